The van der Waals surface area contributed by atoms with Crippen LogP contribution < -0.4 is 5.32 Å². The molecule has 114 valence electrons. The second kappa shape index (κ2) is 6.06. The zero-order chi connectivity index (χ0) is 14.8. The molecule has 4 heteroatoms. The van der Waals surface area contributed by atoms with Gasteiger partial charge in [-0.15, -0.1) is 0 Å². The normalized spacial score (nSPS) is 27.7. The molecule has 1 aliphatic rings. The van der Waals surface area contributed by atoms with Gasteiger partial charge in [-0.05, 0) is 43.2 Å². The van der Waals surface area contributed by atoms with Crippen molar-refractivity contribution >= 4 is 0 Å². The quantitative estimate of drug-likeness (QED) is 0.935. The molecule has 0 aromatic carbocycles. The summed E-state index contributed by atoms with van der Waals surface area (Å²) in [6.45, 7) is 4.73. The Morgan fingerprint density at radius 3 is 2.81 bits per heavy atom. The van der Waals surface area contributed by atoms with Crippen molar-refractivity contribution in [3.63, 3.8) is 0 Å². The molecule has 0 aliphatic heterocycles. The second-order valence-electron chi connectivity index (χ2n) is 6.48. The Kier molecular flexibility index (Phi) is 4.15. The molecule has 2 aromatic heterocycles. The molecule has 0 spiro atoms. The number of furan rings is 1. The standard InChI is InChI=1S/C17H25N3O/c1-12-6-7-14(11-13(12)2)19-16(15-5-4-10-21-15)17-18-8-9-20(17)3/h4-5,8-10,12-14,16,19H,6-7,11H2,1-3H3. The summed E-state index contributed by atoms with van der Waals surface area (Å²) in [6.07, 6.45) is 9.32. The first kappa shape index (κ1) is 14.4. The minimum Gasteiger partial charge on any atom is -0.467 e. The topological polar surface area (TPSA) is 43.0 Å². The van der Waals surface area contributed by atoms with E-state index in [9.17, 15) is 0 Å². The largest absolute Gasteiger partial charge is 0.467 e. The molecule has 0 bridgehead atoms. The van der Waals surface area contributed by atoms with E-state index in [-0.39, 0.29) is 6.04 Å². The molecule has 4 unspecified atom stereocenters. The van der Waals surface area contributed by atoms with Gasteiger partial charge in [0.05, 0.1) is 6.26 Å². The van der Waals surface area contributed by atoms with Crippen molar-refractivity contribution in [2.45, 2.75) is 45.2 Å². The zero-order valence-electron chi connectivity index (χ0n) is 13.1. The van der Waals surface area contributed by atoms with Crippen molar-refractivity contribution < 1.29 is 4.42 Å². The molecule has 0 saturated heterocycles. The molecule has 1 fully saturated rings. The van der Waals surface area contributed by atoms with Gasteiger partial charge in [-0.25, -0.2) is 4.98 Å². The fourth-order valence-electron chi connectivity index (χ4n) is 3.33. The third-order valence-electron chi connectivity index (χ3n) is 4.94. The highest BCUT2D eigenvalue weighted by atomic mass is 16.3. The van der Waals surface area contributed by atoms with Crippen LogP contribution in [0, 0.1) is 11.8 Å². The van der Waals surface area contributed by atoms with Crippen LogP contribution in [0.5, 0.6) is 0 Å². The molecule has 4 nitrogen and oxygen atoms in total. The molecule has 0 amide bonds. The highest BCUT2D eigenvalue weighted by Gasteiger charge is 2.29. The van der Waals surface area contributed by atoms with E-state index in [1.165, 1.54) is 19.3 Å². The second-order valence-corrected chi connectivity index (χ2v) is 6.48. The summed E-state index contributed by atoms with van der Waals surface area (Å²) in [6, 6.07) is 4.54. The van der Waals surface area contributed by atoms with Crippen LogP contribution in [0.3, 0.4) is 0 Å². The van der Waals surface area contributed by atoms with Crippen molar-refractivity contribution in [1.29, 1.82) is 0 Å². The van der Waals surface area contributed by atoms with Gasteiger partial charge in [0.2, 0.25) is 0 Å². The molecular weight excluding hydrogens is 262 g/mol. The smallest absolute Gasteiger partial charge is 0.133 e. The maximum Gasteiger partial charge on any atom is 0.133 e. The van der Waals surface area contributed by atoms with E-state index in [1.54, 1.807) is 6.26 Å². The summed E-state index contributed by atoms with van der Waals surface area (Å²) in [5, 5.41) is 3.78. The zero-order valence-corrected chi connectivity index (χ0v) is 13.1. The van der Waals surface area contributed by atoms with Gasteiger partial charge in [-0.2, -0.15) is 0 Å². The van der Waals surface area contributed by atoms with Crippen molar-refractivity contribution in [2.75, 3.05) is 0 Å². The van der Waals surface area contributed by atoms with Crippen LogP contribution in [0.4, 0.5) is 0 Å². The van der Waals surface area contributed by atoms with Gasteiger partial charge >= 0.3 is 0 Å². The van der Waals surface area contributed by atoms with Crippen LogP contribution in [-0.4, -0.2) is 15.6 Å². The molecule has 21 heavy (non-hydrogen) atoms. The third-order valence-corrected chi connectivity index (χ3v) is 4.94. The van der Waals surface area contributed by atoms with E-state index in [2.05, 4.69) is 28.7 Å². The van der Waals surface area contributed by atoms with Gasteiger partial charge in [0.15, 0.2) is 0 Å². The lowest BCUT2D eigenvalue weighted by Crippen LogP contribution is -2.39. The number of rotatable bonds is 4. The predicted molar refractivity (Wildman–Crippen MR) is 82.9 cm³/mol. The first-order valence-corrected chi connectivity index (χ1v) is 7.92. The van der Waals surface area contributed by atoms with Crippen LogP contribution in [-0.2, 0) is 7.05 Å². The van der Waals surface area contributed by atoms with Gasteiger partial charge in [0.1, 0.15) is 17.6 Å². The fraction of sp³-hybridized carbons (Fsp3) is 0.588. The Labute approximate surface area is 126 Å². The average molecular weight is 287 g/mol. The van der Waals surface area contributed by atoms with E-state index in [1.807, 2.05) is 31.6 Å². The van der Waals surface area contributed by atoms with Gasteiger partial charge in [0, 0.05) is 25.5 Å². The number of imidazole rings is 1. The van der Waals surface area contributed by atoms with Crippen LogP contribution >= 0.6 is 0 Å². The molecule has 3 rings (SSSR count). The SMILES string of the molecule is CC1CCC(NC(c2ccco2)c2nccn2C)CC1C. The van der Waals surface area contributed by atoms with Crippen LogP contribution in [0.1, 0.15) is 50.7 Å². The third kappa shape index (κ3) is 3.05. The number of aryl methyl sites for hydroxylation is 1. The van der Waals surface area contributed by atoms with Gasteiger partial charge in [-0.1, -0.05) is 13.8 Å². The predicted octanol–water partition coefficient (Wildman–Crippen LogP) is 3.52. The number of aromatic nitrogens is 2. The molecule has 2 heterocycles. The summed E-state index contributed by atoms with van der Waals surface area (Å²) < 4.78 is 7.71. The Morgan fingerprint density at radius 1 is 1.33 bits per heavy atom. The van der Waals surface area contributed by atoms with E-state index in [4.69, 9.17) is 4.42 Å². The van der Waals surface area contributed by atoms with E-state index in [0.29, 0.717) is 6.04 Å². The monoisotopic (exact) mass is 287 g/mol. The van der Waals surface area contributed by atoms with Crippen molar-refractivity contribution in [2.24, 2.45) is 18.9 Å². The summed E-state index contributed by atoms with van der Waals surface area (Å²) in [5.41, 5.74) is 0. The highest BCUT2D eigenvalue weighted by Crippen LogP contribution is 2.31. The van der Waals surface area contributed by atoms with Crippen LogP contribution in [0.25, 0.3) is 0 Å². The van der Waals surface area contributed by atoms with Gasteiger partial charge in [0.25, 0.3) is 0 Å². The molecule has 1 N–H and O–H groups in total. The first-order valence-electron chi connectivity index (χ1n) is 7.92. The lowest BCUT2D eigenvalue weighted by Gasteiger charge is -2.34. The lowest BCUT2D eigenvalue weighted by atomic mass is 9.79. The molecular formula is C17H25N3O. The Hall–Kier alpha value is -1.55. The average Bonchev–Trinajstić information content (AvgIpc) is 3.12. The minimum absolute atomic E-state index is 0.0330. The number of nitrogens with one attached hydrogen (secondary N) is 1. The fourth-order valence-corrected chi connectivity index (χ4v) is 3.33. The number of hydrogen-bond acceptors (Lipinski definition) is 3. The van der Waals surface area contributed by atoms with Gasteiger partial charge in [-0.3, -0.25) is 5.32 Å². The summed E-state index contributed by atoms with van der Waals surface area (Å²) >= 11 is 0. The van der Waals surface area contributed by atoms with Crippen LogP contribution in [0.15, 0.2) is 35.2 Å². The lowest BCUT2D eigenvalue weighted by molar-refractivity contribution is 0.214. The van der Waals surface area contributed by atoms with Crippen molar-refractivity contribution in [3.8, 4) is 0 Å². The molecule has 0 radical (unpaired) electrons. The van der Waals surface area contributed by atoms with E-state index < -0.39 is 0 Å². The van der Waals surface area contributed by atoms with Crippen molar-refractivity contribution in [3.05, 3.63) is 42.4 Å². The maximum atomic E-state index is 5.65. The van der Waals surface area contributed by atoms with Crippen LogP contribution in [0.2, 0.25) is 0 Å². The first-order chi connectivity index (χ1) is 10.1. The number of nitrogens with zero attached hydrogens (tertiary/aromatic N) is 2. The van der Waals surface area contributed by atoms with E-state index in [0.717, 1.165) is 23.4 Å². The Bertz CT molecular complexity index is 560. The minimum atomic E-state index is 0.0330. The molecule has 1 saturated carbocycles. The van der Waals surface area contributed by atoms with Gasteiger partial charge < -0.3 is 8.98 Å². The highest BCUT2D eigenvalue weighted by molar-refractivity contribution is 5.16. The molecule has 1 aliphatic carbocycles. The molecule has 2 aromatic rings. The Morgan fingerprint density at radius 2 is 2.19 bits per heavy atom. The van der Waals surface area contributed by atoms with E-state index >= 15 is 0 Å². The summed E-state index contributed by atoms with van der Waals surface area (Å²) in [4.78, 5) is 4.51. The number of hydrogen-bond donors (Lipinski definition) is 1. The summed E-state index contributed by atoms with van der Waals surface area (Å²) in [5.74, 6) is 3.56. The van der Waals surface area contributed by atoms with Crippen molar-refractivity contribution in [1.82, 2.24) is 14.9 Å². The summed E-state index contributed by atoms with van der Waals surface area (Å²) in [7, 11) is 2.03. The molecule has 4 atom stereocenters. The Balaban J connectivity index is 1.79. The maximum absolute atomic E-state index is 5.65.